The molecule has 12 amide bonds. The predicted octanol–water partition coefficient (Wildman–Crippen LogP) is 1.75. The van der Waals surface area contributed by atoms with E-state index in [9.17, 15) is 48.3 Å². The molecule has 1 aliphatic rings. The molecule has 26 heteroatoms. The van der Waals surface area contributed by atoms with Gasteiger partial charge in [-0.05, 0) is 93.8 Å². The summed E-state index contributed by atoms with van der Waals surface area (Å²) >= 11 is 0. The summed E-state index contributed by atoms with van der Waals surface area (Å²) in [7, 11) is 9.65. The summed E-state index contributed by atoms with van der Waals surface area (Å²) in [5.41, 5.74) is 5.39. The van der Waals surface area contributed by atoms with Crippen LogP contribution in [0.5, 0.6) is 0 Å². The van der Waals surface area contributed by atoms with Crippen LogP contribution in [0.3, 0.4) is 0 Å². The van der Waals surface area contributed by atoms with Gasteiger partial charge in [0.25, 0.3) is 0 Å². The van der Waals surface area contributed by atoms with Gasteiger partial charge in [-0.3, -0.25) is 57.5 Å². The quantitative estimate of drug-likeness (QED) is 0.100. The number of aliphatic hydroxyl groups excluding tert-OH is 1. The summed E-state index contributed by atoms with van der Waals surface area (Å²) in [6, 6.07) is -13.4. The van der Waals surface area contributed by atoms with Crippen molar-refractivity contribution in [1.82, 2.24) is 55.6 Å². The third-order valence-corrected chi connectivity index (χ3v) is 16.5. The van der Waals surface area contributed by atoms with Gasteiger partial charge in [0.1, 0.15) is 67.0 Å². The van der Waals surface area contributed by atoms with E-state index in [2.05, 4.69) is 21.3 Å². The number of allylic oxidation sites excluding steroid dienone is 2. The Labute approximate surface area is 536 Å². The number of aliphatic hydroxyl groups is 1. The van der Waals surface area contributed by atoms with Crippen LogP contribution >= 0.6 is 0 Å². The number of hydrogen-bond acceptors (Lipinski definition) is 14. The van der Waals surface area contributed by atoms with Gasteiger partial charge in [-0.1, -0.05) is 109 Å². The van der Waals surface area contributed by atoms with Gasteiger partial charge in [-0.2, -0.15) is 0 Å². The molecule has 2 unspecified atom stereocenters. The standard InChI is InChI=1S/C64H114N12O14/c1-24-26-27-41(15)54(79)53-58(83)67-43(25-2)59(84)70(17)32-50(78)71(18)45(28-35(3)4)57(82)69-51(39(11)12)63(88)72(19)46(29-36(5)6)56(81)66-42(16)55(80)68-44(33-90-34-49(65)77)60(85)73(20)47(30-37(7)8)61(86)74(21)48(31-38(9)10)62(87)75(22)52(40(13)14)64(89)76(53)23/h24,26,35-48,51-54,79H,25,27-34H2,1-23H3,(H2,65,77)(H,66,81)(H,67,83)(H,68,80)(H,69,82)/b26-24+/t41?,42-,43-,44+,45-,46-,47-,48-,51-,52-,53?,54-/m0/s1. The average Bonchev–Trinajstić information content (AvgIpc) is 0.850. The van der Waals surface area contributed by atoms with Crippen LogP contribution in [0.25, 0.3) is 0 Å². The third kappa shape index (κ3) is 23.5. The molecule has 1 aliphatic heterocycles. The smallest absolute Gasteiger partial charge is 0.247 e. The largest absolute Gasteiger partial charge is 0.390 e. The van der Waals surface area contributed by atoms with Crippen molar-refractivity contribution in [3.8, 4) is 0 Å². The monoisotopic (exact) mass is 1270 g/mol. The van der Waals surface area contributed by atoms with E-state index in [0.717, 1.165) is 14.7 Å². The second kappa shape index (κ2) is 37.6. The number of likely N-dealkylation sites (N-methyl/N-ethyl adjacent to an activating group) is 7. The van der Waals surface area contributed by atoms with Crippen LogP contribution in [0.4, 0.5) is 0 Å². The fourth-order valence-electron chi connectivity index (χ4n) is 11.0. The topological polar surface area (TPSA) is 331 Å². The second-order valence-electron chi connectivity index (χ2n) is 26.9. The lowest BCUT2D eigenvalue weighted by Gasteiger charge is -2.41. The summed E-state index contributed by atoms with van der Waals surface area (Å²) in [4.78, 5) is 182. The van der Waals surface area contributed by atoms with E-state index in [-0.39, 0.29) is 62.2 Å². The van der Waals surface area contributed by atoms with Crippen molar-refractivity contribution < 1.29 is 67.4 Å². The summed E-state index contributed by atoms with van der Waals surface area (Å²) in [6.45, 7) is 26.1. The van der Waals surface area contributed by atoms with E-state index in [0.29, 0.717) is 0 Å². The number of ether oxygens (including phenoxy) is 1. The van der Waals surface area contributed by atoms with Gasteiger partial charge in [-0.25, -0.2) is 0 Å². The van der Waals surface area contributed by atoms with E-state index in [4.69, 9.17) is 10.5 Å². The normalized spacial score (nSPS) is 26.0. The number of carbonyl (C=O) groups is 12. The summed E-state index contributed by atoms with van der Waals surface area (Å²) < 4.78 is 5.50. The summed E-state index contributed by atoms with van der Waals surface area (Å²) in [6.07, 6.45) is 2.68. The van der Waals surface area contributed by atoms with E-state index >= 15 is 14.4 Å². The zero-order valence-electron chi connectivity index (χ0n) is 58.4. The lowest BCUT2D eigenvalue weighted by atomic mass is 9.91. The Morgan fingerprint density at radius 3 is 1.42 bits per heavy atom. The SMILES string of the molecule is C/C=C/CC(C)[C@H](O)C1C(=O)N[C@@H](CC)C(=O)N(C)CC(=O)N(C)[C@@H](CC(C)C)C(=O)N[C@@H](C(C)C)C(=O)N(C)[C@@H](CC(C)C)C(=O)N[C@@H](C)C(=O)N[C@H](COCC(N)=O)C(=O)N(C)[C@@H](CC(C)C)C(=O)N(C)[C@@H](CC(C)C)C(=O)N(C)[C@@H](C(C)C)C(=O)N1C. The van der Waals surface area contributed by atoms with Crippen molar-refractivity contribution in [2.45, 2.75) is 216 Å². The van der Waals surface area contributed by atoms with Crippen molar-refractivity contribution in [3.05, 3.63) is 12.2 Å². The van der Waals surface area contributed by atoms with E-state index < -0.39 is 175 Å². The minimum atomic E-state index is -1.64. The maximum absolute atomic E-state index is 15.2. The number of hydrogen-bond donors (Lipinski definition) is 6. The zero-order chi connectivity index (χ0) is 69.7. The summed E-state index contributed by atoms with van der Waals surface area (Å²) in [5.74, 6) is -11.7. The lowest BCUT2D eigenvalue weighted by molar-refractivity contribution is -0.157. The van der Waals surface area contributed by atoms with Crippen LogP contribution in [0.1, 0.15) is 149 Å². The molecule has 0 aromatic carbocycles. The molecular weight excluding hydrogens is 1160 g/mol. The van der Waals surface area contributed by atoms with Gasteiger partial charge >= 0.3 is 0 Å². The van der Waals surface area contributed by atoms with Crippen molar-refractivity contribution in [1.29, 1.82) is 0 Å². The van der Waals surface area contributed by atoms with Gasteiger partial charge < -0.3 is 71.1 Å². The molecule has 90 heavy (non-hydrogen) atoms. The van der Waals surface area contributed by atoms with Gasteiger partial charge in [0.2, 0.25) is 70.9 Å². The molecular formula is C64H114N12O14. The third-order valence-electron chi connectivity index (χ3n) is 16.5. The summed E-state index contributed by atoms with van der Waals surface area (Å²) in [5, 5.41) is 23.0. The molecule has 1 fully saturated rings. The Morgan fingerprint density at radius 1 is 0.533 bits per heavy atom. The van der Waals surface area contributed by atoms with Crippen molar-refractivity contribution >= 4 is 70.9 Å². The highest BCUT2D eigenvalue weighted by molar-refractivity contribution is 5.99. The molecule has 1 saturated heterocycles. The maximum Gasteiger partial charge on any atom is 0.247 e. The van der Waals surface area contributed by atoms with Gasteiger partial charge in [0, 0.05) is 49.3 Å². The molecule has 0 spiro atoms. The highest BCUT2D eigenvalue weighted by Crippen LogP contribution is 2.26. The first-order chi connectivity index (χ1) is 41.6. The first-order valence-electron chi connectivity index (χ1n) is 31.8. The molecule has 514 valence electrons. The number of carbonyl (C=O) groups excluding carboxylic acids is 12. The van der Waals surface area contributed by atoms with Gasteiger partial charge in [-0.15, -0.1) is 0 Å². The Balaban J connectivity index is 4.46. The first-order valence-corrected chi connectivity index (χ1v) is 31.8. The van der Waals surface area contributed by atoms with Gasteiger partial charge in [0.15, 0.2) is 0 Å². The van der Waals surface area contributed by atoms with E-state index in [1.807, 2.05) is 55.4 Å². The molecule has 12 atom stereocenters. The molecule has 1 rings (SSSR count). The van der Waals surface area contributed by atoms with Crippen LogP contribution in [-0.4, -0.2) is 246 Å². The molecule has 0 aliphatic carbocycles. The van der Waals surface area contributed by atoms with Crippen LogP contribution in [0.2, 0.25) is 0 Å². The highest BCUT2D eigenvalue weighted by Gasteiger charge is 2.46. The Bertz CT molecular complexity index is 2490. The first kappa shape index (κ1) is 81.3. The van der Waals surface area contributed by atoms with E-state index in [1.54, 1.807) is 60.6 Å². The highest BCUT2D eigenvalue weighted by atomic mass is 16.5. The molecule has 0 bridgehead atoms. The number of nitrogens with two attached hydrogens (primary N) is 1. The Morgan fingerprint density at radius 2 is 0.967 bits per heavy atom. The van der Waals surface area contributed by atoms with Crippen LogP contribution in [0, 0.1) is 41.4 Å². The number of nitrogens with one attached hydrogen (secondary N) is 4. The predicted molar refractivity (Wildman–Crippen MR) is 343 cm³/mol. The Kier molecular flexibility index (Phi) is 34.0. The molecule has 0 radical (unpaired) electrons. The second-order valence-corrected chi connectivity index (χ2v) is 26.9. The molecule has 0 saturated carbocycles. The lowest BCUT2D eigenvalue weighted by Crippen LogP contribution is -2.63. The van der Waals surface area contributed by atoms with Crippen LogP contribution in [-0.2, 0) is 62.3 Å². The zero-order valence-corrected chi connectivity index (χ0v) is 58.4. The number of amides is 12. The Hall–Kier alpha value is -6.70. The molecule has 26 nitrogen and oxygen atoms in total. The minimum absolute atomic E-state index is 0.00197. The average molecular weight is 1280 g/mol. The van der Waals surface area contributed by atoms with Crippen molar-refractivity contribution in [2.24, 2.45) is 47.2 Å². The number of nitrogens with zero attached hydrogens (tertiary/aromatic N) is 7. The number of rotatable bonds is 19. The van der Waals surface area contributed by atoms with Crippen molar-refractivity contribution in [3.63, 3.8) is 0 Å². The molecule has 0 aromatic heterocycles. The molecule has 1 heterocycles. The fraction of sp³-hybridized carbons (Fsp3) is 0.781. The van der Waals surface area contributed by atoms with Crippen LogP contribution < -0.4 is 27.0 Å². The minimum Gasteiger partial charge on any atom is -0.390 e. The van der Waals surface area contributed by atoms with Gasteiger partial charge in [0.05, 0.1) is 19.3 Å². The fourth-order valence-corrected chi connectivity index (χ4v) is 11.0. The van der Waals surface area contributed by atoms with Crippen LogP contribution in [0.15, 0.2) is 12.2 Å². The molecule has 0 aromatic rings. The number of primary amides is 1. The van der Waals surface area contributed by atoms with E-state index in [1.165, 1.54) is 75.9 Å². The molecule has 7 N–H and O–H groups in total. The van der Waals surface area contributed by atoms with Crippen molar-refractivity contribution in [2.75, 3.05) is 69.1 Å². The maximum atomic E-state index is 15.2.